The van der Waals surface area contributed by atoms with Gasteiger partial charge in [0.05, 0.1) is 16.3 Å². The summed E-state index contributed by atoms with van der Waals surface area (Å²) in [6.07, 6.45) is 0. The lowest BCUT2D eigenvalue weighted by Crippen LogP contribution is -2.28. The predicted octanol–water partition coefficient (Wildman–Crippen LogP) is 8.37. The largest absolute Gasteiger partial charge is 0.498 e. The van der Waals surface area contributed by atoms with Crippen LogP contribution in [-0.4, -0.2) is 20.6 Å². The van der Waals surface area contributed by atoms with Crippen molar-refractivity contribution in [1.29, 1.82) is 0 Å². The third-order valence-corrected chi connectivity index (χ3v) is 9.23. The van der Waals surface area contributed by atoms with Crippen LogP contribution in [0.25, 0.3) is 0 Å². The molecule has 1 rings (SSSR count). The van der Waals surface area contributed by atoms with Crippen LogP contribution >= 0.6 is 16.3 Å². The van der Waals surface area contributed by atoms with Gasteiger partial charge in [-0.2, -0.15) is 0 Å². The van der Waals surface area contributed by atoms with Crippen molar-refractivity contribution in [3.8, 4) is 11.5 Å². The van der Waals surface area contributed by atoms with E-state index in [4.69, 9.17) is 9.05 Å². The molecule has 5 heteroatoms. The summed E-state index contributed by atoms with van der Waals surface area (Å²) in [5.74, 6) is 0.506. The molecule has 0 atom stereocenters. The second-order valence-electron chi connectivity index (χ2n) is 11.0. The van der Waals surface area contributed by atoms with Gasteiger partial charge in [-0.25, -0.2) is 4.39 Å². The lowest BCUT2D eigenvalue weighted by Gasteiger charge is -2.42. The highest BCUT2D eigenvalue weighted by Gasteiger charge is 2.38. The topological polar surface area (TPSA) is 18.5 Å². The van der Waals surface area contributed by atoms with Gasteiger partial charge in [0.2, 0.25) is 0 Å². The van der Waals surface area contributed by atoms with Crippen molar-refractivity contribution in [2.75, 3.05) is 0 Å². The van der Waals surface area contributed by atoms with Crippen LogP contribution in [0.4, 0.5) is 4.39 Å². The van der Waals surface area contributed by atoms with Crippen LogP contribution in [0.3, 0.4) is 0 Å². The average Bonchev–Trinajstić information content (AvgIpc) is 2.36. The highest BCUT2D eigenvalue weighted by Crippen LogP contribution is 2.61. The van der Waals surface area contributed by atoms with E-state index in [1.807, 2.05) is 0 Å². The van der Waals surface area contributed by atoms with Gasteiger partial charge in [-0.1, -0.05) is 101 Å². The summed E-state index contributed by atoms with van der Waals surface area (Å²) in [7, 11) is -1.71. The van der Waals surface area contributed by atoms with Gasteiger partial charge >= 0.3 is 0 Å². The van der Waals surface area contributed by atoms with E-state index in [9.17, 15) is 4.39 Å². The molecule has 1 aromatic rings. The third-order valence-electron chi connectivity index (χ3n) is 3.60. The predicted molar refractivity (Wildman–Crippen MR) is 119 cm³/mol. The molecule has 0 bridgehead atoms. The highest BCUT2D eigenvalue weighted by molar-refractivity contribution is 7.56. The maximum absolute atomic E-state index is 14.3. The summed E-state index contributed by atoms with van der Waals surface area (Å²) in [6, 6.07) is 6.01. The normalized spacial score (nSPS) is 14.0. The quantitative estimate of drug-likeness (QED) is 0.363. The minimum absolute atomic E-state index is 0.0296. The Morgan fingerprint density at radius 1 is 0.630 bits per heavy atom. The summed E-state index contributed by atoms with van der Waals surface area (Å²) in [5, 5.41) is -0.118. The smallest absolute Gasteiger partial charge is 0.0946 e. The first-order valence-electron chi connectivity index (χ1n) is 9.51. The molecule has 0 unspecified atom stereocenters. The van der Waals surface area contributed by atoms with Gasteiger partial charge in [0.1, 0.15) is 0 Å². The van der Waals surface area contributed by atoms with Crippen LogP contribution in [0.1, 0.15) is 83.1 Å². The van der Waals surface area contributed by atoms with E-state index in [0.29, 0.717) is 11.5 Å². The van der Waals surface area contributed by atoms with Crippen molar-refractivity contribution in [2.24, 2.45) is 0 Å². The fraction of sp³-hybridized carbons (Fsp3) is 0.727. The van der Waals surface area contributed by atoms with Crippen LogP contribution in [-0.2, 0) is 0 Å². The summed E-state index contributed by atoms with van der Waals surface area (Å²) in [4.78, 5) is 0. The Labute approximate surface area is 169 Å². The molecule has 0 fully saturated rings. The number of benzene rings is 1. The fourth-order valence-electron chi connectivity index (χ4n) is 3.34. The first-order valence-corrected chi connectivity index (χ1v) is 12.0. The SMILES string of the molecule is CC(C)(C)P(Oc1[c-]c(OP(C(C)(C)C)C(C)(C)C)cc(F)c1)C(C)(C)C. The summed E-state index contributed by atoms with van der Waals surface area (Å²) in [6.45, 7) is 26.0. The molecule has 27 heavy (non-hydrogen) atoms. The number of hydrogen-bond acceptors (Lipinski definition) is 2. The zero-order valence-corrected chi connectivity index (χ0v) is 21.0. The van der Waals surface area contributed by atoms with Crippen molar-refractivity contribution in [2.45, 2.75) is 104 Å². The lowest BCUT2D eigenvalue weighted by atomic mass is 10.2. The van der Waals surface area contributed by atoms with E-state index in [1.165, 1.54) is 12.1 Å². The molecule has 0 amide bonds. The maximum atomic E-state index is 14.3. The van der Waals surface area contributed by atoms with E-state index in [-0.39, 0.29) is 26.4 Å². The van der Waals surface area contributed by atoms with Crippen LogP contribution < -0.4 is 9.05 Å². The van der Waals surface area contributed by atoms with Crippen molar-refractivity contribution in [1.82, 2.24) is 0 Å². The van der Waals surface area contributed by atoms with Crippen LogP contribution in [0.5, 0.6) is 11.5 Å². The Bertz CT molecular complexity index is 551. The molecule has 0 saturated carbocycles. The molecule has 0 aliphatic carbocycles. The molecule has 156 valence electrons. The second-order valence-corrected chi connectivity index (χ2v) is 17.9. The molecule has 0 aliphatic rings. The summed E-state index contributed by atoms with van der Waals surface area (Å²) >= 11 is 0. The molecule has 0 aromatic heterocycles. The molecular formula is C22H38FO2P2-. The maximum Gasteiger partial charge on any atom is 0.0946 e. The minimum atomic E-state index is -0.857. The number of rotatable bonds is 4. The van der Waals surface area contributed by atoms with Gasteiger partial charge in [-0.15, -0.1) is 0 Å². The van der Waals surface area contributed by atoms with E-state index in [2.05, 4.69) is 89.2 Å². The Kier molecular flexibility index (Phi) is 7.45. The van der Waals surface area contributed by atoms with E-state index < -0.39 is 16.3 Å². The summed E-state index contributed by atoms with van der Waals surface area (Å²) < 4.78 is 27.0. The molecule has 0 radical (unpaired) electrons. The first-order chi connectivity index (χ1) is 11.8. The summed E-state index contributed by atoms with van der Waals surface area (Å²) in [5.41, 5.74) is 0. The highest BCUT2D eigenvalue weighted by atomic mass is 31.1. The Morgan fingerprint density at radius 3 is 1.11 bits per heavy atom. The van der Waals surface area contributed by atoms with Crippen LogP contribution in [0, 0.1) is 11.9 Å². The average molecular weight is 415 g/mol. The Balaban J connectivity index is 3.24. The molecule has 0 N–H and O–H groups in total. The van der Waals surface area contributed by atoms with Crippen molar-refractivity contribution in [3.63, 3.8) is 0 Å². The van der Waals surface area contributed by atoms with Crippen molar-refractivity contribution < 1.29 is 13.4 Å². The van der Waals surface area contributed by atoms with Gasteiger partial charge in [0.25, 0.3) is 0 Å². The Hall–Kier alpha value is -0.390. The van der Waals surface area contributed by atoms with Gasteiger partial charge in [0.15, 0.2) is 0 Å². The third kappa shape index (κ3) is 7.51. The molecule has 2 nitrogen and oxygen atoms in total. The first kappa shape index (κ1) is 24.6. The second kappa shape index (κ2) is 8.16. The molecule has 1 aromatic carbocycles. The monoisotopic (exact) mass is 415 g/mol. The molecule has 0 heterocycles. The van der Waals surface area contributed by atoms with E-state index in [0.717, 1.165) is 0 Å². The Morgan fingerprint density at radius 2 is 0.889 bits per heavy atom. The fourth-order valence-corrected chi connectivity index (χ4v) is 9.05. The molecular weight excluding hydrogens is 377 g/mol. The van der Waals surface area contributed by atoms with Gasteiger partial charge < -0.3 is 9.05 Å². The van der Waals surface area contributed by atoms with Gasteiger partial charge in [-0.05, 0) is 0 Å². The van der Waals surface area contributed by atoms with E-state index in [1.54, 1.807) is 0 Å². The van der Waals surface area contributed by atoms with Gasteiger partial charge in [-0.3, -0.25) is 0 Å². The zero-order valence-electron chi connectivity index (χ0n) is 19.2. The minimum Gasteiger partial charge on any atom is -0.498 e. The molecule has 0 saturated heterocycles. The van der Waals surface area contributed by atoms with Gasteiger partial charge in [0, 0.05) is 37.9 Å². The van der Waals surface area contributed by atoms with E-state index >= 15 is 0 Å². The molecule has 0 spiro atoms. The molecule has 0 aliphatic heterocycles. The zero-order chi connectivity index (χ0) is 21.4. The van der Waals surface area contributed by atoms with Crippen molar-refractivity contribution in [3.05, 3.63) is 24.0 Å². The number of hydrogen-bond donors (Lipinski definition) is 0. The van der Waals surface area contributed by atoms with Crippen molar-refractivity contribution >= 4 is 16.3 Å². The standard InChI is InChI=1S/C22H38FO2P2/c1-19(2,3)26(20(4,5)6)24-17-13-16(23)14-18(15-17)25-27(21(7,8)9)22(10,11)12/h13-14H,1-12H3/q-1. The van der Waals surface area contributed by atoms with Crippen LogP contribution in [0.2, 0.25) is 0 Å². The van der Waals surface area contributed by atoms with Crippen LogP contribution in [0.15, 0.2) is 12.1 Å². The lowest BCUT2D eigenvalue weighted by molar-refractivity contribution is 0.503. The number of halogens is 1.